The van der Waals surface area contributed by atoms with Gasteiger partial charge in [-0.3, -0.25) is 4.68 Å². The third kappa shape index (κ3) is 5.49. The average Bonchev–Trinajstić information content (AvgIpc) is 3.20. The highest BCUT2D eigenvalue weighted by molar-refractivity contribution is 5.93. The summed E-state index contributed by atoms with van der Waals surface area (Å²) in [6, 6.07) is 1.58. The second-order valence-corrected chi connectivity index (χ2v) is 5.59. The molecular formula is C18H23N5O2. The molecule has 0 bridgehead atoms. The first-order valence-electron chi connectivity index (χ1n) is 8.08. The first-order chi connectivity index (χ1) is 12.0. The lowest BCUT2D eigenvalue weighted by molar-refractivity contribution is 0.0697. The second kappa shape index (κ2) is 8.68. The molecule has 0 spiro atoms. The number of aryl methyl sites for hydroxylation is 1. The number of rotatable bonds is 7. The number of nitrogens with zero attached hydrogens (tertiary/aromatic N) is 4. The molecule has 0 aliphatic carbocycles. The van der Waals surface area contributed by atoms with E-state index in [-0.39, 0.29) is 5.56 Å². The van der Waals surface area contributed by atoms with E-state index in [2.05, 4.69) is 28.4 Å². The van der Waals surface area contributed by atoms with Gasteiger partial charge in [0.15, 0.2) is 0 Å². The van der Waals surface area contributed by atoms with Gasteiger partial charge in [-0.25, -0.2) is 9.79 Å². The van der Waals surface area contributed by atoms with Gasteiger partial charge in [0.05, 0.1) is 17.4 Å². The topological polar surface area (TPSA) is 84.4 Å². The van der Waals surface area contributed by atoms with Crippen molar-refractivity contribution in [1.29, 1.82) is 0 Å². The molecule has 25 heavy (non-hydrogen) atoms. The number of unbranched alkanes of at least 4 members (excludes halogenated alkanes) is 1. The van der Waals surface area contributed by atoms with Gasteiger partial charge in [0.1, 0.15) is 5.84 Å². The van der Waals surface area contributed by atoms with Crippen LogP contribution in [-0.2, 0) is 7.05 Å². The molecule has 2 N–H and O–H groups in total. The lowest BCUT2D eigenvalue weighted by atomic mass is 10.2. The minimum atomic E-state index is -0.938. The van der Waals surface area contributed by atoms with E-state index >= 15 is 0 Å². The molecule has 0 aliphatic rings. The van der Waals surface area contributed by atoms with Crippen LogP contribution in [0.2, 0.25) is 0 Å². The summed E-state index contributed by atoms with van der Waals surface area (Å²) in [4.78, 5) is 15.4. The van der Waals surface area contributed by atoms with E-state index in [1.807, 2.05) is 26.2 Å². The average molecular weight is 341 g/mol. The Kier molecular flexibility index (Phi) is 6.33. The van der Waals surface area contributed by atoms with E-state index in [1.54, 1.807) is 40.1 Å². The third-order valence-electron chi connectivity index (χ3n) is 3.42. The molecular weight excluding hydrogens is 318 g/mol. The Morgan fingerprint density at radius 1 is 1.44 bits per heavy atom. The Morgan fingerprint density at radius 3 is 2.84 bits per heavy atom. The highest BCUT2D eigenvalue weighted by Crippen LogP contribution is 2.13. The number of aromatic nitrogens is 3. The zero-order valence-corrected chi connectivity index (χ0v) is 14.7. The zero-order chi connectivity index (χ0) is 18.2. The maximum Gasteiger partial charge on any atom is 0.337 e. The molecule has 7 heteroatoms. The Labute approximate surface area is 147 Å². The van der Waals surface area contributed by atoms with Gasteiger partial charge in [-0.1, -0.05) is 19.4 Å². The largest absolute Gasteiger partial charge is 0.478 e. The maximum absolute atomic E-state index is 11.0. The molecule has 7 nitrogen and oxygen atoms in total. The van der Waals surface area contributed by atoms with Crippen LogP contribution in [0.4, 0.5) is 5.69 Å². The Morgan fingerprint density at radius 2 is 2.24 bits per heavy atom. The highest BCUT2D eigenvalue weighted by atomic mass is 16.4. The summed E-state index contributed by atoms with van der Waals surface area (Å²) >= 11 is 0. The molecule has 2 aromatic rings. The van der Waals surface area contributed by atoms with Gasteiger partial charge >= 0.3 is 5.97 Å². The Hall–Kier alpha value is -3.09. The number of nitrogens with one attached hydrogen (secondary N) is 1. The van der Waals surface area contributed by atoms with Gasteiger partial charge in [-0.2, -0.15) is 5.10 Å². The van der Waals surface area contributed by atoms with Gasteiger partial charge in [-0.05, 0) is 25.5 Å². The van der Waals surface area contributed by atoms with E-state index in [4.69, 9.17) is 5.11 Å². The summed E-state index contributed by atoms with van der Waals surface area (Å²) in [7, 11) is 1.85. The second-order valence-electron chi connectivity index (χ2n) is 5.59. The summed E-state index contributed by atoms with van der Waals surface area (Å²) in [5, 5.41) is 16.3. The fourth-order valence-corrected chi connectivity index (χ4v) is 2.19. The SMILES string of the molecule is CCC/C=C(/C=C\N=C(/C)Nc1cnn(C)c1)n1ccc(C(=O)O)c1. The minimum absolute atomic E-state index is 0.258. The van der Waals surface area contributed by atoms with Crippen molar-refractivity contribution in [3.05, 3.63) is 54.8 Å². The van der Waals surface area contributed by atoms with Crippen molar-refractivity contribution in [3.63, 3.8) is 0 Å². The molecule has 0 saturated carbocycles. The van der Waals surface area contributed by atoms with Crippen molar-refractivity contribution >= 4 is 23.2 Å². The monoisotopic (exact) mass is 341 g/mol. The summed E-state index contributed by atoms with van der Waals surface area (Å²) < 4.78 is 3.50. The molecule has 2 aromatic heterocycles. The predicted molar refractivity (Wildman–Crippen MR) is 99.7 cm³/mol. The fraction of sp³-hybridized carbons (Fsp3) is 0.278. The molecule has 2 rings (SSSR count). The number of aromatic carboxylic acids is 1. The molecule has 0 unspecified atom stereocenters. The third-order valence-corrected chi connectivity index (χ3v) is 3.42. The normalized spacial score (nSPS) is 12.8. The van der Waals surface area contributed by atoms with E-state index in [1.165, 1.54) is 0 Å². The van der Waals surface area contributed by atoms with Crippen LogP contribution < -0.4 is 5.32 Å². The van der Waals surface area contributed by atoms with E-state index < -0.39 is 5.97 Å². The van der Waals surface area contributed by atoms with Gasteiger partial charge in [-0.15, -0.1) is 0 Å². The smallest absolute Gasteiger partial charge is 0.337 e. The number of anilines is 1. The van der Waals surface area contributed by atoms with Crippen molar-refractivity contribution < 1.29 is 9.90 Å². The van der Waals surface area contributed by atoms with E-state index in [0.29, 0.717) is 0 Å². The van der Waals surface area contributed by atoms with E-state index in [9.17, 15) is 4.79 Å². The minimum Gasteiger partial charge on any atom is -0.478 e. The van der Waals surface area contributed by atoms with Crippen LogP contribution in [0.25, 0.3) is 5.70 Å². The number of hydrogen-bond donors (Lipinski definition) is 2. The van der Waals surface area contributed by atoms with E-state index in [0.717, 1.165) is 30.1 Å². The molecule has 0 atom stereocenters. The lowest BCUT2D eigenvalue weighted by Gasteiger charge is -2.04. The number of amidine groups is 1. The standard InChI is InChI=1S/C18H23N5O2/c1-4-5-6-17(23-10-8-15(12-23)18(24)25)7-9-19-14(2)21-16-11-20-22(3)13-16/h6-13H,4-5H2,1-3H3,(H,19,21)(H,24,25)/b9-7-,17-6-. The quantitative estimate of drug-likeness (QED) is 0.458. The Bertz CT molecular complexity index is 811. The molecule has 0 fully saturated rings. The molecule has 0 saturated heterocycles. The van der Waals surface area contributed by atoms with Crippen LogP contribution in [0, 0.1) is 0 Å². The van der Waals surface area contributed by atoms with Gasteiger partial charge in [0.2, 0.25) is 0 Å². The van der Waals surface area contributed by atoms with Crippen LogP contribution in [0.15, 0.2) is 54.2 Å². The molecule has 0 radical (unpaired) electrons. The molecule has 0 aliphatic heterocycles. The number of allylic oxidation sites excluding steroid dienone is 3. The van der Waals surface area contributed by atoms with Gasteiger partial charge in [0.25, 0.3) is 0 Å². The summed E-state index contributed by atoms with van der Waals surface area (Å²) in [5.74, 6) is -0.204. The van der Waals surface area contributed by atoms with Gasteiger partial charge < -0.3 is 15.0 Å². The molecule has 2 heterocycles. The highest BCUT2D eigenvalue weighted by Gasteiger charge is 2.05. The van der Waals surface area contributed by atoms with Crippen LogP contribution in [0.1, 0.15) is 37.0 Å². The lowest BCUT2D eigenvalue weighted by Crippen LogP contribution is -2.05. The summed E-state index contributed by atoms with van der Waals surface area (Å²) in [6.07, 6.45) is 14.4. The number of hydrogen-bond acceptors (Lipinski definition) is 3. The van der Waals surface area contributed by atoms with Crippen molar-refractivity contribution in [2.24, 2.45) is 12.0 Å². The van der Waals surface area contributed by atoms with Crippen LogP contribution in [0.5, 0.6) is 0 Å². The molecule has 132 valence electrons. The number of carboxylic acids is 1. The van der Waals surface area contributed by atoms with Crippen molar-refractivity contribution in [2.75, 3.05) is 5.32 Å². The maximum atomic E-state index is 11.0. The summed E-state index contributed by atoms with van der Waals surface area (Å²) in [5.41, 5.74) is 2.01. The fourth-order valence-electron chi connectivity index (χ4n) is 2.19. The van der Waals surface area contributed by atoms with Crippen molar-refractivity contribution in [2.45, 2.75) is 26.7 Å². The number of aliphatic imine (C=N–C) groups is 1. The first kappa shape index (κ1) is 18.3. The van der Waals surface area contributed by atoms with Crippen molar-refractivity contribution in [1.82, 2.24) is 14.3 Å². The van der Waals surface area contributed by atoms with Crippen LogP contribution >= 0.6 is 0 Å². The predicted octanol–water partition coefficient (Wildman–Crippen LogP) is 3.61. The molecule has 0 aromatic carbocycles. The molecule has 0 amide bonds. The Balaban J connectivity index is 2.11. The van der Waals surface area contributed by atoms with Crippen LogP contribution in [-0.4, -0.2) is 31.3 Å². The zero-order valence-electron chi connectivity index (χ0n) is 14.7. The number of carbonyl (C=O) groups is 1. The van der Waals surface area contributed by atoms with Crippen LogP contribution in [0.3, 0.4) is 0 Å². The van der Waals surface area contributed by atoms with Crippen molar-refractivity contribution in [3.8, 4) is 0 Å². The first-order valence-corrected chi connectivity index (χ1v) is 8.08. The van der Waals surface area contributed by atoms with Gasteiger partial charge in [0, 0.05) is 37.5 Å². The summed E-state index contributed by atoms with van der Waals surface area (Å²) in [6.45, 7) is 3.96. The number of carboxylic acid groups (broad SMARTS) is 1.